The van der Waals surface area contributed by atoms with Gasteiger partial charge in [-0.2, -0.15) is 0 Å². The number of carbonyl (C=O) groups excluding carboxylic acids is 2. The average molecular weight is 438 g/mol. The molecule has 0 radical (unpaired) electrons. The Bertz CT molecular complexity index is 1210. The molecule has 140 valence electrons. The first-order valence-corrected chi connectivity index (χ1v) is 9.45. The minimum atomic E-state index is -0.669. The highest BCUT2D eigenvalue weighted by Crippen LogP contribution is 2.28. The van der Waals surface area contributed by atoms with Gasteiger partial charge in [-0.25, -0.2) is 4.79 Å². The zero-order valence-corrected chi connectivity index (χ0v) is 16.6. The van der Waals surface area contributed by atoms with Crippen LogP contribution >= 0.6 is 15.9 Å². The Morgan fingerprint density at radius 3 is 2.68 bits per heavy atom. The topological polar surface area (TPSA) is 68.5 Å². The van der Waals surface area contributed by atoms with Crippen molar-refractivity contribution >= 4 is 55.2 Å². The summed E-state index contributed by atoms with van der Waals surface area (Å²) in [4.78, 5) is 24.7. The predicted molar refractivity (Wildman–Crippen MR) is 112 cm³/mol. The van der Waals surface area contributed by atoms with Crippen LogP contribution in [0.25, 0.3) is 21.7 Å². The lowest BCUT2D eigenvalue weighted by atomic mass is 10.1. The van der Waals surface area contributed by atoms with E-state index >= 15 is 0 Å². The third-order valence-electron chi connectivity index (χ3n) is 4.48. The Labute approximate surface area is 169 Å². The number of carbonyl (C=O) groups is 2. The minimum absolute atomic E-state index is 0.103. The van der Waals surface area contributed by atoms with E-state index in [-0.39, 0.29) is 5.76 Å². The predicted octanol–water partition coefficient (Wildman–Crippen LogP) is 5.45. The van der Waals surface area contributed by atoms with Gasteiger partial charge in [0.15, 0.2) is 6.61 Å². The molecule has 0 saturated heterocycles. The van der Waals surface area contributed by atoms with E-state index in [9.17, 15) is 9.59 Å². The Morgan fingerprint density at radius 2 is 1.82 bits per heavy atom. The summed E-state index contributed by atoms with van der Waals surface area (Å²) in [6.45, 7) is 1.38. The molecule has 0 bridgehead atoms. The number of ether oxygens (including phenoxy) is 1. The van der Waals surface area contributed by atoms with Gasteiger partial charge in [0.1, 0.15) is 5.58 Å². The van der Waals surface area contributed by atoms with Gasteiger partial charge < -0.3 is 14.5 Å². The second-order valence-electron chi connectivity index (χ2n) is 6.35. The van der Waals surface area contributed by atoms with Gasteiger partial charge in [0.05, 0.1) is 0 Å². The maximum atomic E-state index is 12.4. The third-order valence-corrected chi connectivity index (χ3v) is 4.97. The Balaban J connectivity index is 1.46. The van der Waals surface area contributed by atoms with Crippen LogP contribution in [0.15, 0.2) is 69.6 Å². The van der Waals surface area contributed by atoms with Gasteiger partial charge in [0.2, 0.25) is 5.76 Å². The standard InChI is InChI=1S/C22H16BrNO4/c1-13-17-11-15(23)9-10-19(17)28-21(13)22(26)27-12-20(25)24-18-8-4-6-14-5-2-3-7-16(14)18/h2-11H,12H2,1H3,(H,24,25). The molecule has 1 N–H and O–H groups in total. The van der Waals surface area contributed by atoms with Crippen LogP contribution in [0.1, 0.15) is 16.1 Å². The van der Waals surface area contributed by atoms with Crippen molar-refractivity contribution in [3.8, 4) is 0 Å². The van der Waals surface area contributed by atoms with Crippen molar-refractivity contribution in [2.75, 3.05) is 11.9 Å². The number of aryl methyl sites for hydroxylation is 1. The molecule has 4 rings (SSSR count). The number of nitrogens with one attached hydrogen (secondary N) is 1. The van der Waals surface area contributed by atoms with E-state index in [1.165, 1.54) is 0 Å². The zero-order chi connectivity index (χ0) is 19.7. The SMILES string of the molecule is Cc1c(C(=O)OCC(=O)Nc2cccc3ccccc23)oc2ccc(Br)cc12. The summed E-state index contributed by atoms with van der Waals surface area (Å²) in [7, 11) is 0. The van der Waals surface area contributed by atoms with Crippen LogP contribution in [0.4, 0.5) is 5.69 Å². The largest absolute Gasteiger partial charge is 0.450 e. The van der Waals surface area contributed by atoms with Crippen LogP contribution in [0.3, 0.4) is 0 Å². The smallest absolute Gasteiger partial charge is 0.375 e. The van der Waals surface area contributed by atoms with Crippen molar-refractivity contribution in [2.24, 2.45) is 0 Å². The maximum absolute atomic E-state index is 12.4. The number of esters is 1. The van der Waals surface area contributed by atoms with Gasteiger partial charge in [-0.15, -0.1) is 0 Å². The number of hydrogen-bond acceptors (Lipinski definition) is 4. The van der Waals surface area contributed by atoms with Crippen LogP contribution in [-0.2, 0) is 9.53 Å². The average Bonchev–Trinajstić information content (AvgIpc) is 3.02. The highest BCUT2D eigenvalue weighted by atomic mass is 79.9. The second kappa shape index (κ2) is 7.48. The molecule has 28 heavy (non-hydrogen) atoms. The molecule has 0 spiro atoms. The molecule has 0 aliphatic carbocycles. The number of rotatable bonds is 4. The molecule has 6 heteroatoms. The lowest BCUT2D eigenvalue weighted by Gasteiger charge is -2.09. The van der Waals surface area contributed by atoms with Crippen LogP contribution < -0.4 is 5.32 Å². The molecular weight excluding hydrogens is 422 g/mol. The number of fused-ring (bicyclic) bond motifs is 2. The van der Waals surface area contributed by atoms with Crippen LogP contribution in [0, 0.1) is 6.92 Å². The van der Waals surface area contributed by atoms with Crippen molar-refractivity contribution in [3.63, 3.8) is 0 Å². The summed E-state index contributed by atoms with van der Waals surface area (Å²) in [6, 6.07) is 18.8. The van der Waals surface area contributed by atoms with Gasteiger partial charge in [0.25, 0.3) is 5.91 Å². The lowest BCUT2D eigenvalue weighted by Crippen LogP contribution is -2.21. The molecule has 4 aromatic rings. The Morgan fingerprint density at radius 1 is 1.04 bits per heavy atom. The molecule has 5 nitrogen and oxygen atoms in total. The zero-order valence-electron chi connectivity index (χ0n) is 15.0. The highest BCUT2D eigenvalue weighted by Gasteiger charge is 2.20. The molecule has 3 aromatic carbocycles. The first-order chi connectivity index (χ1) is 13.5. The summed E-state index contributed by atoms with van der Waals surface area (Å²) in [6.07, 6.45) is 0. The fraction of sp³-hybridized carbons (Fsp3) is 0.0909. The van der Waals surface area contributed by atoms with Crippen LogP contribution in [0.5, 0.6) is 0 Å². The Hall–Kier alpha value is -3.12. The maximum Gasteiger partial charge on any atom is 0.375 e. The molecule has 0 aliphatic heterocycles. The van der Waals surface area contributed by atoms with E-state index in [1.807, 2.05) is 54.6 Å². The number of halogens is 1. The van der Waals surface area contributed by atoms with E-state index in [0.29, 0.717) is 16.8 Å². The number of hydrogen-bond donors (Lipinski definition) is 1. The van der Waals surface area contributed by atoms with Gasteiger partial charge in [-0.05, 0) is 36.6 Å². The Kier molecular flexibility index (Phi) is 4.88. The molecule has 0 unspecified atom stereocenters. The molecule has 0 atom stereocenters. The van der Waals surface area contributed by atoms with Crippen molar-refractivity contribution < 1.29 is 18.7 Å². The summed E-state index contributed by atoms with van der Waals surface area (Å²) in [5.41, 5.74) is 1.94. The normalized spacial score (nSPS) is 10.9. The summed E-state index contributed by atoms with van der Waals surface area (Å²) in [5.74, 6) is -0.981. The fourth-order valence-corrected chi connectivity index (χ4v) is 3.47. The van der Waals surface area contributed by atoms with Crippen molar-refractivity contribution in [1.82, 2.24) is 0 Å². The van der Waals surface area contributed by atoms with Crippen molar-refractivity contribution in [1.29, 1.82) is 0 Å². The van der Waals surface area contributed by atoms with Crippen LogP contribution in [-0.4, -0.2) is 18.5 Å². The minimum Gasteiger partial charge on any atom is -0.450 e. The highest BCUT2D eigenvalue weighted by molar-refractivity contribution is 9.10. The fourth-order valence-electron chi connectivity index (χ4n) is 3.11. The van der Waals surface area contributed by atoms with Gasteiger partial charge in [-0.1, -0.05) is 52.3 Å². The molecular formula is C22H16BrNO4. The third kappa shape index (κ3) is 3.51. The van der Waals surface area contributed by atoms with Gasteiger partial charge in [-0.3, -0.25) is 4.79 Å². The molecule has 0 saturated carbocycles. The molecule has 1 amide bonds. The first kappa shape index (κ1) is 18.3. The van der Waals surface area contributed by atoms with E-state index in [0.717, 1.165) is 20.6 Å². The quantitative estimate of drug-likeness (QED) is 0.430. The van der Waals surface area contributed by atoms with Gasteiger partial charge in [0, 0.05) is 26.5 Å². The number of furan rings is 1. The van der Waals surface area contributed by atoms with E-state index in [1.54, 1.807) is 13.0 Å². The summed E-state index contributed by atoms with van der Waals surface area (Å²) >= 11 is 3.40. The summed E-state index contributed by atoms with van der Waals surface area (Å²) in [5, 5.41) is 5.54. The second-order valence-corrected chi connectivity index (χ2v) is 7.26. The first-order valence-electron chi connectivity index (χ1n) is 8.66. The number of amides is 1. The molecule has 1 heterocycles. The molecule has 1 aromatic heterocycles. The molecule has 0 fully saturated rings. The van der Waals surface area contributed by atoms with E-state index in [4.69, 9.17) is 9.15 Å². The van der Waals surface area contributed by atoms with Gasteiger partial charge >= 0.3 is 5.97 Å². The summed E-state index contributed by atoms with van der Waals surface area (Å²) < 4.78 is 11.6. The molecule has 0 aliphatic rings. The van der Waals surface area contributed by atoms with Crippen LogP contribution in [0.2, 0.25) is 0 Å². The van der Waals surface area contributed by atoms with Crippen molar-refractivity contribution in [3.05, 3.63) is 76.5 Å². The number of anilines is 1. The van der Waals surface area contributed by atoms with E-state index in [2.05, 4.69) is 21.2 Å². The monoisotopic (exact) mass is 437 g/mol. The van der Waals surface area contributed by atoms with Crippen molar-refractivity contribution in [2.45, 2.75) is 6.92 Å². The lowest BCUT2D eigenvalue weighted by molar-refractivity contribution is -0.119. The van der Waals surface area contributed by atoms with E-state index < -0.39 is 18.5 Å². The number of benzene rings is 3.